The minimum absolute atomic E-state index is 0.181. The van der Waals surface area contributed by atoms with Crippen molar-refractivity contribution in [2.75, 3.05) is 0 Å². The highest BCUT2D eigenvalue weighted by Gasteiger charge is 2.14. The molecule has 0 radical (unpaired) electrons. The highest BCUT2D eigenvalue weighted by atomic mass is 16.5. The van der Waals surface area contributed by atoms with Crippen LogP contribution in [0.3, 0.4) is 0 Å². The molecule has 0 atom stereocenters. The molecule has 1 aromatic carbocycles. The first-order valence-electron chi connectivity index (χ1n) is 6.00. The fourth-order valence-corrected chi connectivity index (χ4v) is 2.00. The molecule has 0 aliphatic carbocycles. The minimum atomic E-state index is -0.987. The third-order valence-electron chi connectivity index (χ3n) is 2.97. The molecule has 2 rings (SSSR count). The van der Waals surface area contributed by atoms with Crippen LogP contribution in [0.1, 0.15) is 33.0 Å². The van der Waals surface area contributed by atoms with Gasteiger partial charge in [-0.25, -0.2) is 4.79 Å². The van der Waals surface area contributed by atoms with Gasteiger partial charge in [0.25, 0.3) is 0 Å². The van der Waals surface area contributed by atoms with Gasteiger partial charge in [0.05, 0.1) is 0 Å². The Morgan fingerprint density at radius 2 is 1.89 bits per heavy atom. The lowest BCUT2D eigenvalue weighted by molar-refractivity contribution is 0.0695. The van der Waals surface area contributed by atoms with Crippen LogP contribution in [0.4, 0.5) is 0 Å². The van der Waals surface area contributed by atoms with Crippen molar-refractivity contribution in [3.63, 3.8) is 0 Å². The zero-order chi connectivity index (χ0) is 14.0. The number of aryl methyl sites for hydroxylation is 3. The number of furan rings is 1. The van der Waals surface area contributed by atoms with Crippen molar-refractivity contribution in [1.82, 2.24) is 0 Å². The second-order valence-corrected chi connectivity index (χ2v) is 4.50. The van der Waals surface area contributed by atoms with E-state index >= 15 is 0 Å². The van der Waals surface area contributed by atoms with Crippen LogP contribution in [-0.2, 0) is 6.61 Å². The van der Waals surface area contributed by atoms with Gasteiger partial charge in [-0.1, -0.05) is 18.2 Å². The van der Waals surface area contributed by atoms with Crippen LogP contribution >= 0.6 is 0 Å². The Hall–Kier alpha value is -2.23. The minimum Gasteiger partial charge on any atom is -0.485 e. The predicted octanol–water partition coefficient (Wildman–Crippen LogP) is 3.48. The molecule has 0 saturated heterocycles. The molecule has 0 aliphatic heterocycles. The highest BCUT2D eigenvalue weighted by molar-refractivity contribution is 5.88. The number of ether oxygens (including phenoxy) is 1. The second kappa shape index (κ2) is 5.18. The summed E-state index contributed by atoms with van der Waals surface area (Å²) >= 11 is 0. The molecule has 0 amide bonds. The summed E-state index contributed by atoms with van der Waals surface area (Å²) in [5, 5.41) is 8.95. The van der Waals surface area contributed by atoms with Crippen LogP contribution in [0.5, 0.6) is 5.75 Å². The van der Waals surface area contributed by atoms with Gasteiger partial charge >= 0.3 is 5.97 Å². The Kier molecular flexibility index (Phi) is 3.60. The maximum atomic E-state index is 10.9. The summed E-state index contributed by atoms with van der Waals surface area (Å²) in [6.45, 7) is 5.79. The van der Waals surface area contributed by atoms with Crippen molar-refractivity contribution in [3.8, 4) is 5.75 Å². The highest BCUT2D eigenvalue weighted by Crippen LogP contribution is 2.24. The predicted molar refractivity (Wildman–Crippen MR) is 70.7 cm³/mol. The fraction of sp³-hybridized carbons (Fsp3) is 0.267. The summed E-state index contributed by atoms with van der Waals surface area (Å²) in [4.78, 5) is 10.9. The van der Waals surface area contributed by atoms with Gasteiger partial charge in [0.1, 0.15) is 29.4 Å². The summed E-state index contributed by atoms with van der Waals surface area (Å²) in [6.07, 6.45) is 0. The van der Waals surface area contributed by atoms with Gasteiger partial charge in [0.15, 0.2) is 0 Å². The van der Waals surface area contributed by atoms with Crippen LogP contribution in [0.25, 0.3) is 0 Å². The number of hydrogen-bond donors (Lipinski definition) is 1. The molecule has 0 spiro atoms. The maximum absolute atomic E-state index is 10.9. The van der Waals surface area contributed by atoms with Crippen molar-refractivity contribution in [2.45, 2.75) is 27.4 Å². The Morgan fingerprint density at radius 3 is 2.42 bits per heavy atom. The van der Waals surface area contributed by atoms with Crippen LogP contribution in [0.15, 0.2) is 28.7 Å². The lowest BCUT2D eigenvalue weighted by Gasteiger charge is -2.10. The number of carboxylic acids is 1. The number of carboxylic acid groups (broad SMARTS) is 1. The van der Waals surface area contributed by atoms with Crippen LogP contribution in [0, 0.1) is 20.8 Å². The third kappa shape index (κ3) is 2.78. The SMILES string of the molecule is Cc1cccc(C)c1OCc1cc(C(=O)O)c(C)o1. The van der Waals surface area contributed by atoms with Crippen LogP contribution in [0.2, 0.25) is 0 Å². The van der Waals surface area contributed by atoms with E-state index in [-0.39, 0.29) is 12.2 Å². The molecule has 1 N–H and O–H groups in total. The average Bonchev–Trinajstić information content (AvgIpc) is 2.70. The van der Waals surface area contributed by atoms with E-state index in [0.717, 1.165) is 16.9 Å². The molecule has 19 heavy (non-hydrogen) atoms. The topological polar surface area (TPSA) is 59.7 Å². The molecule has 4 heteroatoms. The number of rotatable bonds is 4. The molecule has 0 fully saturated rings. The lowest BCUT2D eigenvalue weighted by Crippen LogP contribution is -1.98. The first-order chi connectivity index (χ1) is 8.99. The smallest absolute Gasteiger partial charge is 0.339 e. The van der Waals surface area contributed by atoms with Crippen molar-refractivity contribution in [2.24, 2.45) is 0 Å². The molecule has 0 bridgehead atoms. The monoisotopic (exact) mass is 260 g/mol. The first kappa shape index (κ1) is 13.2. The van der Waals surface area contributed by atoms with Gasteiger partial charge in [-0.05, 0) is 38.0 Å². The van der Waals surface area contributed by atoms with Crippen LogP contribution in [-0.4, -0.2) is 11.1 Å². The molecule has 0 aliphatic rings. The van der Waals surface area contributed by atoms with Crippen molar-refractivity contribution in [1.29, 1.82) is 0 Å². The Morgan fingerprint density at radius 1 is 1.26 bits per heavy atom. The van der Waals surface area contributed by atoms with E-state index in [1.165, 1.54) is 6.07 Å². The van der Waals surface area contributed by atoms with Gasteiger partial charge in [0.2, 0.25) is 0 Å². The molecular formula is C15H16O4. The molecule has 1 aromatic heterocycles. The first-order valence-corrected chi connectivity index (χ1v) is 6.00. The molecule has 0 unspecified atom stereocenters. The van der Waals surface area contributed by atoms with Gasteiger partial charge in [-0.3, -0.25) is 0 Å². The number of benzene rings is 1. The van der Waals surface area contributed by atoms with E-state index in [4.69, 9.17) is 14.3 Å². The number of hydrogen-bond acceptors (Lipinski definition) is 3. The Labute approximate surface area is 111 Å². The Balaban J connectivity index is 2.15. The van der Waals surface area contributed by atoms with Gasteiger partial charge < -0.3 is 14.3 Å². The van der Waals surface area contributed by atoms with Crippen molar-refractivity contribution < 1.29 is 19.1 Å². The quantitative estimate of drug-likeness (QED) is 0.914. The molecule has 1 heterocycles. The second-order valence-electron chi connectivity index (χ2n) is 4.50. The number of carbonyl (C=O) groups is 1. The van der Waals surface area contributed by atoms with Crippen molar-refractivity contribution in [3.05, 3.63) is 52.5 Å². The molecule has 100 valence electrons. The van der Waals surface area contributed by atoms with E-state index in [1.54, 1.807) is 6.92 Å². The standard InChI is InChI=1S/C15H16O4/c1-9-5-4-6-10(2)14(9)18-8-12-7-13(15(16)17)11(3)19-12/h4-7H,8H2,1-3H3,(H,16,17). The third-order valence-corrected chi connectivity index (χ3v) is 2.97. The van der Waals surface area contributed by atoms with E-state index < -0.39 is 5.97 Å². The summed E-state index contributed by atoms with van der Waals surface area (Å²) < 4.78 is 11.1. The Bertz CT molecular complexity index is 590. The van der Waals surface area contributed by atoms with Gasteiger partial charge in [0, 0.05) is 0 Å². The van der Waals surface area contributed by atoms with Crippen LogP contribution < -0.4 is 4.74 Å². The number of aromatic carboxylic acids is 1. The zero-order valence-corrected chi connectivity index (χ0v) is 11.2. The summed E-state index contributed by atoms with van der Waals surface area (Å²) in [5.41, 5.74) is 2.27. The normalized spacial score (nSPS) is 10.5. The van der Waals surface area contributed by atoms with Gasteiger partial charge in [-0.2, -0.15) is 0 Å². The fourth-order valence-electron chi connectivity index (χ4n) is 2.00. The van der Waals surface area contributed by atoms with E-state index in [9.17, 15) is 4.79 Å². The molecule has 2 aromatic rings. The van der Waals surface area contributed by atoms with E-state index in [0.29, 0.717) is 11.5 Å². The van der Waals surface area contributed by atoms with E-state index in [2.05, 4.69) is 0 Å². The molecule has 0 saturated carbocycles. The summed E-state index contributed by atoms with van der Waals surface area (Å²) in [5.74, 6) is 0.734. The average molecular weight is 260 g/mol. The molecular weight excluding hydrogens is 244 g/mol. The van der Waals surface area contributed by atoms with E-state index in [1.807, 2.05) is 32.0 Å². The lowest BCUT2D eigenvalue weighted by atomic mass is 10.1. The summed E-state index contributed by atoms with van der Waals surface area (Å²) in [7, 11) is 0. The maximum Gasteiger partial charge on any atom is 0.339 e. The number of para-hydroxylation sites is 1. The largest absolute Gasteiger partial charge is 0.485 e. The van der Waals surface area contributed by atoms with Crippen molar-refractivity contribution >= 4 is 5.97 Å². The molecule has 4 nitrogen and oxygen atoms in total. The van der Waals surface area contributed by atoms with Gasteiger partial charge in [-0.15, -0.1) is 0 Å². The zero-order valence-electron chi connectivity index (χ0n) is 11.2. The summed E-state index contributed by atoms with van der Waals surface area (Å²) in [6, 6.07) is 7.42.